The number of benzene rings is 2. The number of carbonyl (C=O) groups is 1. The van der Waals surface area contributed by atoms with E-state index in [0.29, 0.717) is 65.4 Å². The molecule has 23 heavy (non-hydrogen) atoms. The summed E-state index contributed by atoms with van der Waals surface area (Å²) in [5, 5.41) is 9.64. The predicted octanol–water partition coefficient (Wildman–Crippen LogP) is 2.89. The van der Waals surface area contributed by atoms with Crippen LogP contribution in [-0.2, 0) is 13.0 Å². The Morgan fingerprint density at radius 2 is 1.74 bits per heavy atom. The molecule has 0 fully saturated rings. The molecular weight excluding hydrogens is 299 g/mol. The largest absolute Gasteiger partial charge is 0.486 e. The van der Waals surface area contributed by atoms with Gasteiger partial charge in [0, 0.05) is 12.0 Å². The summed E-state index contributed by atoms with van der Waals surface area (Å²) in [5.41, 5.74) is 2.76. The number of aliphatic hydroxyl groups is 1. The van der Waals surface area contributed by atoms with Gasteiger partial charge in [0.05, 0.1) is 6.61 Å². The van der Waals surface area contributed by atoms with E-state index in [1.807, 2.05) is 0 Å². The number of hydrogen-bond donors (Lipinski definition) is 1. The zero-order valence-corrected chi connectivity index (χ0v) is 12.4. The van der Waals surface area contributed by atoms with E-state index >= 15 is 0 Å². The van der Waals surface area contributed by atoms with E-state index in [0.717, 1.165) is 0 Å². The van der Waals surface area contributed by atoms with Crippen molar-refractivity contribution >= 4 is 5.78 Å². The second kappa shape index (κ2) is 5.35. The highest BCUT2D eigenvalue weighted by molar-refractivity contribution is 6.01. The number of ether oxygens (including phenoxy) is 2. The van der Waals surface area contributed by atoms with E-state index in [-0.39, 0.29) is 18.2 Å². The third-order valence-corrected chi connectivity index (χ3v) is 4.35. The van der Waals surface area contributed by atoms with Gasteiger partial charge in [-0.05, 0) is 52.9 Å². The van der Waals surface area contributed by atoms with E-state index < -0.39 is 0 Å². The van der Waals surface area contributed by atoms with Crippen LogP contribution >= 0.6 is 0 Å². The van der Waals surface area contributed by atoms with Crippen molar-refractivity contribution in [3.05, 3.63) is 46.8 Å². The number of rotatable bonds is 2. The number of fused-ring (bicyclic) bond motifs is 2. The molecular formula is C18H15FO4. The van der Waals surface area contributed by atoms with E-state index in [1.165, 1.54) is 6.07 Å². The predicted molar refractivity (Wildman–Crippen MR) is 81.4 cm³/mol. The molecule has 0 saturated carbocycles. The molecule has 0 atom stereocenters. The Morgan fingerprint density at radius 1 is 1.00 bits per heavy atom. The van der Waals surface area contributed by atoms with Gasteiger partial charge in [-0.2, -0.15) is 0 Å². The third kappa shape index (κ3) is 2.28. The van der Waals surface area contributed by atoms with Crippen molar-refractivity contribution in [2.75, 3.05) is 13.2 Å². The van der Waals surface area contributed by atoms with Gasteiger partial charge in [0.2, 0.25) is 0 Å². The van der Waals surface area contributed by atoms with Crippen molar-refractivity contribution in [2.24, 2.45) is 0 Å². The average molecular weight is 314 g/mol. The van der Waals surface area contributed by atoms with E-state index in [2.05, 4.69) is 0 Å². The molecule has 0 saturated heterocycles. The summed E-state index contributed by atoms with van der Waals surface area (Å²) in [4.78, 5) is 11.9. The highest BCUT2D eigenvalue weighted by Gasteiger charge is 2.25. The Kier molecular flexibility index (Phi) is 3.31. The molecule has 5 heteroatoms. The van der Waals surface area contributed by atoms with Crippen molar-refractivity contribution in [1.29, 1.82) is 0 Å². The lowest BCUT2D eigenvalue weighted by atomic mass is 9.95. The van der Waals surface area contributed by atoms with Crippen LogP contribution in [0.25, 0.3) is 11.1 Å². The Bertz CT molecular complexity index is 813. The van der Waals surface area contributed by atoms with Crippen LogP contribution in [0.1, 0.15) is 27.9 Å². The van der Waals surface area contributed by atoms with Crippen molar-refractivity contribution in [2.45, 2.75) is 19.4 Å². The fourth-order valence-electron chi connectivity index (χ4n) is 3.20. The van der Waals surface area contributed by atoms with Gasteiger partial charge in [-0.25, -0.2) is 4.39 Å². The smallest absolute Gasteiger partial charge is 0.163 e. The van der Waals surface area contributed by atoms with Crippen LogP contribution in [-0.4, -0.2) is 24.1 Å². The minimum Gasteiger partial charge on any atom is -0.486 e. The third-order valence-electron chi connectivity index (χ3n) is 4.35. The summed E-state index contributed by atoms with van der Waals surface area (Å²) >= 11 is 0. The number of halogens is 1. The highest BCUT2D eigenvalue weighted by Crippen LogP contribution is 2.39. The van der Waals surface area contributed by atoms with Crippen molar-refractivity contribution in [3.63, 3.8) is 0 Å². The molecule has 0 radical (unpaired) electrons. The van der Waals surface area contributed by atoms with Crippen LogP contribution in [0.2, 0.25) is 0 Å². The summed E-state index contributed by atoms with van der Waals surface area (Å²) < 4.78 is 25.4. The molecule has 0 aromatic heterocycles. The molecule has 1 N–H and O–H groups in total. The summed E-state index contributed by atoms with van der Waals surface area (Å²) in [7, 11) is 0. The lowest BCUT2D eigenvalue weighted by Gasteiger charge is -2.21. The van der Waals surface area contributed by atoms with Gasteiger partial charge < -0.3 is 14.6 Å². The van der Waals surface area contributed by atoms with Gasteiger partial charge in [-0.1, -0.05) is 0 Å². The molecule has 1 heterocycles. The normalized spacial score (nSPS) is 15.7. The maximum Gasteiger partial charge on any atom is 0.163 e. The maximum absolute atomic E-state index is 14.3. The lowest BCUT2D eigenvalue weighted by Crippen LogP contribution is -2.15. The number of aliphatic hydroxyl groups excluding tert-OH is 1. The molecule has 4 nitrogen and oxygen atoms in total. The standard InChI is InChI=1S/C18H15FO4/c19-15-6-10(5-14-12(15)1-2-16(14)21)13-8-18-17(7-11(13)9-20)22-3-4-23-18/h5-8,20H,1-4,9H2. The van der Waals surface area contributed by atoms with Gasteiger partial charge in [-0.15, -0.1) is 0 Å². The van der Waals surface area contributed by atoms with Crippen molar-refractivity contribution in [3.8, 4) is 22.6 Å². The van der Waals surface area contributed by atoms with Gasteiger partial charge in [0.25, 0.3) is 0 Å². The van der Waals surface area contributed by atoms with Gasteiger partial charge >= 0.3 is 0 Å². The Morgan fingerprint density at radius 3 is 2.48 bits per heavy atom. The van der Waals surface area contributed by atoms with Crippen LogP contribution in [0, 0.1) is 5.82 Å². The van der Waals surface area contributed by atoms with Gasteiger partial charge in [0.1, 0.15) is 19.0 Å². The molecule has 4 rings (SSSR count). The minimum atomic E-state index is -0.373. The molecule has 2 aliphatic rings. The molecule has 2 aromatic rings. The molecule has 0 amide bonds. The van der Waals surface area contributed by atoms with Crippen molar-refractivity contribution in [1.82, 2.24) is 0 Å². The zero-order valence-electron chi connectivity index (χ0n) is 12.4. The lowest BCUT2D eigenvalue weighted by molar-refractivity contribution is 0.0994. The van der Waals surface area contributed by atoms with Crippen LogP contribution in [0.5, 0.6) is 11.5 Å². The molecule has 2 aromatic carbocycles. The quantitative estimate of drug-likeness (QED) is 0.926. The van der Waals surface area contributed by atoms with E-state index in [1.54, 1.807) is 18.2 Å². The summed E-state index contributed by atoms with van der Waals surface area (Å²) in [6.45, 7) is 0.694. The molecule has 1 aliphatic carbocycles. The molecule has 118 valence electrons. The fraction of sp³-hybridized carbons (Fsp3) is 0.278. The average Bonchev–Trinajstić information content (AvgIpc) is 2.95. The van der Waals surface area contributed by atoms with Gasteiger partial charge in [0.15, 0.2) is 17.3 Å². The van der Waals surface area contributed by atoms with E-state index in [9.17, 15) is 14.3 Å². The molecule has 0 spiro atoms. The van der Waals surface area contributed by atoms with E-state index in [4.69, 9.17) is 9.47 Å². The van der Waals surface area contributed by atoms with Crippen LogP contribution < -0.4 is 9.47 Å². The first-order valence-electron chi connectivity index (χ1n) is 7.56. The zero-order chi connectivity index (χ0) is 16.0. The number of hydrogen-bond acceptors (Lipinski definition) is 4. The van der Waals surface area contributed by atoms with Crippen LogP contribution in [0.15, 0.2) is 24.3 Å². The summed E-state index contributed by atoms with van der Waals surface area (Å²) in [6, 6.07) is 6.57. The second-order valence-corrected chi connectivity index (χ2v) is 5.72. The first kappa shape index (κ1) is 14.2. The monoisotopic (exact) mass is 314 g/mol. The number of ketones is 1. The number of Topliss-reactive ketones (excluding diaryl/α,β-unsaturated/α-hetero) is 1. The molecule has 1 aliphatic heterocycles. The maximum atomic E-state index is 14.3. The Labute approximate surface area is 132 Å². The topological polar surface area (TPSA) is 55.8 Å². The van der Waals surface area contributed by atoms with Crippen molar-refractivity contribution < 1.29 is 23.8 Å². The number of carbonyl (C=O) groups excluding carboxylic acids is 1. The summed E-state index contributed by atoms with van der Waals surface area (Å²) in [6.07, 6.45) is 0.804. The molecule has 0 unspecified atom stereocenters. The van der Waals surface area contributed by atoms with Crippen LogP contribution in [0.4, 0.5) is 4.39 Å². The fourth-order valence-corrected chi connectivity index (χ4v) is 3.20. The summed E-state index contributed by atoms with van der Waals surface area (Å²) in [5.74, 6) is 0.725. The second-order valence-electron chi connectivity index (χ2n) is 5.72. The Hall–Kier alpha value is -2.40. The van der Waals surface area contributed by atoms with Crippen LogP contribution in [0.3, 0.4) is 0 Å². The SMILES string of the molecule is O=C1CCc2c(F)cc(-c3cc4c(cc3CO)OCCO4)cc21. The Balaban J connectivity index is 1.89. The van der Waals surface area contributed by atoms with Gasteiger partial charge in [-0.3, -0.25) is 4.79 Å². The minimum absolute atomic E-state index is 0.0381. The first-order valence-corrected chi connectivity index (χ1v) is 7.56. The highest BCUT2D eigenvalue weighted by atomic mass is 19.1. The first-order chi connectivity index (χ1) is 11.2. The molecule has 0 bridgehead atoms.